The van der Waals surface area contributed by atoms with Crippen molar-refractivity contribution in [2.75, 3.05) is 26.0 Å². The van der Waals surface area contributed by atoms with Crippen LogP contribution in [-0.2, 0) is 14.3 Å². The molecule has 2 rings (SSSR count). The summed E-state index contributed by atoms with van der Waals surface area (Å²) in [4.78, 5) is 29.3. The zero-order valence-electron chi connectivity index (χ0n) is 11.9. The Labute approximate surface area is 131 Å². The quantitative estimate of drug-likeness (QED) is 0.603. The summed E-state index contributed by atoms with van der Waals surface area (Å²) in [6.07, 6.45) is 0. The summed E-state index contributed by atoms with van der Waals surface area (Å²) in [5.41, 5.74) is 0.944. The van der Waals surface area contributed by atoms with E-state index in [1.165, 1.54) is 23.8 Å². The SMILES string of the molecule is CCN(CC(=O)OC)C(=O)CSc1nc2ccccc2s1. The van der Waals surface area contributed by atoms with Gasteiger partial charge in [-0.15, -0.1) is 11.3 Å². The number of hydrogen-bond donors (Lipinski definition) is 0. The first kappa shape index (κ1) is 15.8. The fourth-order valence-corrected chi connectivity index (χ4v) is 3.70. The van der Waals surface area contributed by atoms with E-state index in [1.807, 2.05) is 31.2 Å². The summed E-state index contributed by atoms with van der Waals surface area (Å²) in [5, 5.41) is 0. The van der Waals surface area contributed by atoms with Crippen molar-refractivity contribution in [2.45, 2.75) is 11.3 Å². The molecule has 0 fully saturated rings. The van der Waals surface area contributed by atoms with E-state index in [4.69, 9.17) is 0 Å². The zero-order valence-corrected chi connectivity index (χ0v) is 13.5. The lowest BCUT2D eigenvalue weighted by molar-refractivity contribution is -0.146. The van der Waals surface area contributed by atoms with Gasteiger partial charge in [-0.2, -0.15) is 0 Å². The van der Waals surface area contributed by atoms with Gasteiger partial charge in [-0.25, -0.2) is 4.98 Å². The molecular weight excluding hydrogens is 308 g/mol. The van der Waals surface area contributed by atoms with Crippen LogP contribution in [-0.4, -0.2) is 47.7 Å². The Hall–Kier alpha value is -1.60. The van der Waals surface area contributed by atoms with E-state index in [9.17, 15) is 9.59 Å². The third-order valence-electron chi connectivity index (χ3n) is 2.88. The summed E-state index contributed by atoms with van der Waals surface area (Å²) in [6, 6.07) is 7.87. The Bertz CT molecular complexity index is 609. The Balaban J connectivity index is 1.94. The third kappa shape index (κ3) is 4.18. The summed E-state index contributed by atoms with van der Waals surface area (Å²) >= 11 is 2.96. The number of amides is 1. The average Bonchev–Trinajstić information content (AvgIpc) is 2.92. The van der Waals surface area contributed by atoms with E-state index < -0.39 is 5.97 Å². The molecule has 2 aromatic rings. The van der Waals surface area contributed by atoms with E-state index in [0.29, 0.717) is 6.54 Å². The van der Waals surface area contributed by atoms with Crippen LogP contribution in [0.3, 0.4) is 0 Å². The van der Waals surface area contributed by atoms with Crippen molar-refractivity contribution in [3.8, 4) is 0 Å². The van der Waals surface area contributed by atoms with E-state index in [0.717, 1.165) is 14.6 Å². The molecule has 0 spiro atoms. The number of methoxy groups -OCH3 is 1. The van der Waals surface area contributed by atoms with E-state index in [-0.39, 0.29) is 18.2 Å². The van der Waals surface area contributed by atoms with Crippen molar-refractivity contribution in [2.24, 2.45) is 0 Å². The van der Waals surface area contributed by atoms with Crippen molar-refractivity contribution in [1.29, 1.82) is 0 Å². The molecule has 1 aromatic carbocycles. The van der Waals surface area contributed by atoms with Crippen LogP contribution in [0, 0.1) is 0 Å². The highest BCUT2D eigenvalue weighted by atomic mass is 32.2. The van der Waals surface area contributed by atoms with Crippen molar-refractivity contribution in [3.63, 3.8) is 0 Å². The summed E-state index contributed by atoms with van der Waals surface area (Å²) in [7, 11) is 1.32. The number of likely N-dealkylation sites (N-methyl/N-ethyl adjacent to an activating group) is 1. The van der Waals surface area contributed by atoms with E-state index >= 15 is 0 Å². The number of carbonyl (C=O) groups is 2. The molecule has 7 heteroatoms. The zero-order chi connectivity index (χ0) is 15.2. The molecule has 112 valence electrons. The number of ether oxygens (including phenoxy) is 1. The van der Waals surface area contributed by atoms with Gasteiger partial charge in [-0.05, 0) is 19.1 Å². The maximum atomic E-state index is 12.1. The smallest absolute Gasteiger partial charge is 0.325 e. The topological polar surface area (TPSA) is 59.5 Å². The lowest BCUT2D eigenvalue weighted by Crippen LogP contribution is -2.37. The highest BCUT2D eigenvalue weighted by Crippen LogP contribution is 2.29. The van der Waals surface area contributed by atoms with Crippen LogP contribution in [0.5, 0.6) is 0 Å². The van der Waals surface area contributed by atoms with E-state index in [1.54, 1.807) is 11.3 Å². The van der Waals surface area contributed by atoms with Crippen molar-refractivity contribution in [1.82, 2.24) is 9.88 Å². The first-order valence-electron chi connectivity index (χ1n) is 6.47. The molecule has 0 aliphatic carbocycles. The Morgan fingerprint density at radius 2 is 2.14 bits per heavy atom. The second-order valence-corrected chi connectivity index (χ2v) is 6.47. The highest BCUT2D eigenvalue weighted by molar-refractivity contribution is 8.01. The summed E-state index contributed by atoms with van der Waals surface area (Å²) in [6.45, 7) is 2.31. The van der Waals surface area contributed by atoms with Gasteiger partial charge in [0, 0.05) is 6.54 Å². The fourth-order valence-electron chi connectivity index (χ4n) is 1.72. The molecule has 0 radical (unpaired) electrons. The maximum absolute atomic E-state index is 12.1. The predicted octanol–water partition coefficient (Wildman–Crippen LogP) is 2.41. The summed E-state index contributed by atoms with van der Waals surface area (Å²) < 4.78 is 6.55. The number of carbonyl (C=O) groups excluding carboxylic acids is 2. The van der Waals surface area contributed by atoms with Crippen LogP contribution >= 0.6 is 23.1 Å². The van der Waals surface area contributed by atoms with Crippen molar-refractivity contribution < 1.29 is 14.3 Å². The molecule has 21 heavy (non-hydrogen) atoms. The van der Waals surface area contributed by atoms with Crippen molar-refractivity contribution >= 4 is 45.2 Å². The number of thioether (sulfide) groups is 1. The van der Waals surface area contributed by atoms with Crippen LogP contribution < -0.4 is 0 Å². The van der Waals surface area contributed by atoms with Crippen LogP contribution in [0.4, 0.5) is 0 Å². The first-order chi connectivity index (χ1) is 10.1. The number of fused-ring (bicyclic) bond motifs is 1. The number of benzene rings is 1. The number of esters is 1. The second-order valence-electron chi connectivity index (χ2n) is 4.22. The predicted molar refractivity (Wildman–Crippen MR) is 84.6 cm³/mol. The number of para-hydroxylation sites is 1. The van der Waals surface area contributed by atoms with Gasteiger partial charge in [0.25, 0.3) is 0 Å². The van der Waals surface area contributed by atoms with Gasteiger partial charge in [0.2, 0.25) is 5.91 Å². The van der Waals surface area contributed by atoms with Gasteiger partial charge in [-0.1, -0.05) is 23.9 Å². The van der Waals surface area contributed by atoms with Gasteiger partial charge in [0.05, 0.1) is 23.1 Å². The van der Waals surface area contributed by atoms with Crippen LogP contribution in [0.1, 0.15) is 6.92 Å². The molecule has 0 bridgehead atoms. The molecule has 0 aliphatic heterocycles. The molecule has 0 N–H and O–H groups in total. The molecule has 1 amide bonds. The molecule has 5 nitrogen and oxygen atoms in total. The molecular formula is C14H16N2O3S2. The second kappa shape index (κ2) is 7.42. The van der Waals surface area contributed by atoms with Crippen molar-refractivity contribution in [3.05, 3.63) is 24.3 Å². The van der Waals surface area contributed by atoms with Crippen LogP contribution in [0.15, 0.2) is 28.6 Å². The largest absolute Gasteiger partial charge is 0.468 e. The van der Waals surface area contributed by atoms with Gasteiger partial charge in [-0.3, -0.25) is 9.59 Å². The number of thiazole rings is 1. The Morgan fingerprint density at radius 3 is 2.81 bits per heavy atom. The average molecular weight is 324 g/mol. The Kier molecular flexibility index (Phi) is 5.58. The van der Waals surface area contributed by atoms with Gasteiger partial charge < -0.3 is 9.64 Å². The minimum Gasteiger partial charge on any atom is -0.468 e. The molecule has 0 atom stereocenters. The lowest BCUT2D eigenvalue weighted by Gasteiger charge is -2.18. The normalized spacial score (nSPS) is 10.6. The molecule has 0 aliphatic rings. The number of aromatic nitrogens is 1. The van der Waals surface area contributed by atoms with Crippen LogP contribution in [0.25, 0.3) is 10.2 Å². The van der Waals surface area contributed by atoms with Gasteiger partial charge in [0.15, 0.2) is 4.34 Å². The molecule has 1 heterocycles. The molecule has 0 unspecified atom stereocenters. The molecule has 1 aromatic heterocycles. The maximum Gasteiger partial charge on any atom is 0.325 e. The summed E-state index contributed by atoms with van der Waals surface area (Å²) in [5.74, 6) is -0.229. The number of nitrogens with zero attached hydrogens (tertiary/aromatic N) is 2. The first-order valence-corrected chi connectivity index (χ1v) is 8.27. The fraction of sp³-hybridized carbons (Fsp3) is 0.357. The standard InChI is InChI=1S/C14H16N2O3S2/c1-3-16(8-13(18)19-2)12(17)9-20-14-15-10-6-4-5-7-11(10)21-14/h4-7H,3,8-9H2,1-2H3. The number of rotatable bonds is 6. The van der Waals surface area contributed by atoms with Gasteiger partial charge >= 0.3 is 5.97 Å². The third-order valence-corrected chi connectivity index (χ3v) is 5.04. The number of hydrogen-bond acceptors (Lipinski definition) is 6. The highest BCUT2D eigenvalue weighted by Gasteiger charge is 2.16. The minimum atomic E-state index is -0.407. The minimum absolute atomic E-state index is 0.00770. The van der Waals surface area contributed by atoms with Crippen LogP contribution in [0.2, 0.25) is 0 Å². The molecule has 0 saturated carbocycles. The molecule has 0 saturated heterocycles. The van der Waals surface area contributed by atoms with E-state index in [2.05, 4.69) is 9.72 Å². The van der Waals surface area contributed by atoms with Gasteiger partial charge in [0.1, 0.15) is 6.54 Å². The lowest BCUT2D eigenvalue weighted by atomic mass is 10.3. The Morgan fingerprint density at radius 1 is 1.38 bits per heavy atom. The monoisotopic (exact) mass is 324 g/mol.